The topological polar surface area (TPSA) is 158 Å². The van der Waals surface area contributed by atoms with Gasteiger partial charge in [0.05, 0.1) is 24.4 Å². The van der Waals surface area contributed by atoms with Crippen LogP contribution in [-0.2, 0) is 42.9 Å². The normalized spacial score (nSPS) is 39.3. The Labute approximate surface area is 335 Å². The van der Waals surface area contributed by atoms with Gasteiger partial charge >= 0.3 is 5.97 Å². The molecule has 13 atom stereocenters. The molecule has 1 amide bonds. The van der Waals surface area contributed by atoms with Gasteiger partial charge in [-0.2, -0.15) is 0 Å². The second-order valence-corrected chi connectivity index (χ2v) is 17.4. The van der Waals surface area contributed by atoms with E-state index < -0.39 is 65.9 Å². The van der Waals surface area contributed by atoms with Crippen LogP contribution in [0, 0.1) is 29.6 Å². The standard InChI is InChI=1S/C44H71NO11/c1-10-13-32-21-26(2)20-27(3)22-37(53-8)40-38(54-9)24-30(6)44(51,56-40)41(48)42(49)45-19-12-11-14-33(45)43(50)55-39(28(4)15-17-34(32)46)29(5)23-31-16-18-35(47)36(25-31)52-7/h21,23,27-28,30-33,35-40,47,51H,10-20,22,24-25H2,1-9H3. The van der Waals surface area contributed by atoms with Crippen molar-refractivity contribution in [3.05, 3.63) is 23.3 Å². The summed E-state index contributed by atoms with van der Waals surface area (Å²) in [6.45, 7) is 11.9. The highest BCUT2D eigenvalue weighted by Crippen LogP contribution is 2.39. The van der Waals surface area contributed by atoms with Crippen LogP contribution in [0.1, 0.15) is 125 Å². The molecule has 2 saturated heterocycles. The van der Waals surface area contributed by atoms with E-state index in [-0.39, 0.29) is 48.5 Å². The molecular formula is C44H71NO11. The highest BCUT2D eigenvalue weighted by atomic mass is 16.7. The zero-order valence-corrected chi connectivity index (χ0v) is 35.5. The number of esters is 1. The van der Waals surface area contributed by atoms with E-state index in [0.717, 1.165) is 30.4 Å². The third-order valence-corrected chi connectivity index (χ3v) is 12.9. The zero-order chi connectivity index (χ0) is 41.3. The molecule has 3 aliphatic heterocycles. The molecule has 12 nitrogen and oxygen atoms in total. The number of carbonyl (C=O) groups excluding carboxylic acids is 4. The Kier molecular flexibility index (Phi) is 17.3. The molecule has 2 bridgehead atoms. The summed E-state index contributed by atoms with van der Waals surface area (Å²) in [4.78, 5) is 57.9. The van der Waals surface area contributed by atoms with Crippen LogP contribution in [0.5, 0.6) is 0 Å². The Hall–Kier alpha value is -2.48. The molecule has 0 aromatic rings. The van der Waals surface area contributed by atoms with Crippen molar-refractivity contribution in [3.8, 4) is 0 Å². The van der Waals surface area contributed by atoms with Gasteiger partial charge < -0.3 is 38.8 Å². The second kappa shape index (κ2) is 21.0. The maximum Gasteiger partial charge on any atom is 0.329 e. The lowest BCUT2D eigenvalue weighted by atomic mass is 9.82. The monoisotopic (exact) mass is 790 g/mol. The number of Topliss-reactive ketones (excluding diaryl/α,β-unsaturated/α-hetero) is 2. The summed E-state index contributed by atoms with van der Waals surface area (Å²) < 4.78 is 30.0. The van der Waals surface area contributed by atoms with E-state index in [9.17, 15) is 29.4 Å². The molecule has 4 rings (SSSR count). The number of hydrogen-bond acceptors (Lipinski definition) is 11. The number of hydrogen-bond donors (Lipinski definition) is 2. The Morgan fingerprint density at radius 3 is 2.29 bits per heavy atom. The van der Waals surface area contributed by atoms with Gasteiger partial charge in [-0.25, -0.2) is 4.79 Å². The molecule has 56 heavy (non-hydrogen) atoms. The van der Waals surface area contributed by atoms with Crippen molar-refractivity contribution in [2.75, 3.05) is 27.9 Å². The molecule has 1 saturated carbocycles. The first-order chi connectivity index (χ1) is 26.6. The number of rotatable bonds is 7. The Morgan fingerprint density at radius 1 is 0.946 bits per heavy atom. The van der Waals surface area contributed by atoms with Crippen LogP contribution in [0.4, 0.5) is 0 Å². The number of piperidine rings is 1. The number of aliphatic hydroxyl groups excluding tert-OH is 1. The SMILES string of the molecule is CCCC1C=C(C)CC(C)CC(OC)C2OC(O)(C(=O)C(=O)N3CCCCC3C(=O)OC(C(C)=CC3CCC(O)C(OC)C3)C(C)CCC1=O)C(C)CC2OC. The molecule has 0 spiro atoms. The van der Waals surface area contributed by atoms with Crippen molar-refractivity contribution in [2.24, 2.45) is 29.6 Å². The van der Waals surface area contributed by atoms with Crippen LogP contribution in [0.3, 0.4) is 0 Å². The van der Waals surface area contributed by atoms with Crippen LogP contribution in [0.25, 0.3) is 0 Å². The minimum atomic E-state index is -2.46. The number of ether oxygens (including phenoxy) is 5. The van der Waals surface area contributed by atoms with Gasteiger partial charge in [0.1, 0.15) is 24.0 Å². The van der Waals surface area contributed by atoms with Gasteiger partial charge in [-0.15, -0.1) is 0 Å². The van der Waals surface area contributed by atoms with Gasteiger partial charge in [0.2, 0.25) is 5.79 Å². The largest absolute Gasteiger partial charge is 0.456 e. The van der Waals surface area contributed by atoms with E-state index in [1.807, 2.05) is 20.8 Å². The molecule has 4 aliphatic rings. The van der Waals surface area contributed by atoms with Crippen molar-refractivity contribution in [1.82, 2.24) is 4.90 Å². The van der Waals surface area contributed by atoms with E-state index in [4.69, 9.17) is 23.7 Å². The lowest BCUT2D eigenvalue weighted by molar-refractivity contribution is -0.302. The summed E-state index contributed by atoms with van der Waals surface area (Å²) in [7, 11) is 4.71. The van der Waals surface area contributed by atoms with Crippen molar-refractivity contribution >= 4 is 23.4 Å². The number of nitrogens with zero attached hydrogens (tertiary/aromatic N) is 1. The average Bonchev–Trinajstić information content (AvgIpc) is 3.18. The third kappa shape index (κ3) is 11.2. The summed E-state index contributed by atoms with van der Waals surface area (Å²) in [6.07, 6.45) is 8.07. The van der Waals surface area contributed by atoms with Crippen LogP contribution in [-0.4, -0.2) is 115 Å². The summed E-state index contributed by atoms with van der Waals surface area (Å²) in [5.41, 5.74) is 1.92. The number of aliphatic hydroxyl groups is 2. The summed E-state index contributed by atoms with van der Waals surface area (Å²) in [5.74, 6) is -6.14. The smallest absolute Gasteiger partial charge is 0.329 e. The Bertz CT molecular complexity index is 1410. The third-order valence-electron chi connectivity index (χ3n) is 12.9. The molecule has 0 aromatic heterocycles. The fraction of sp³-hybridized carbons (Fsp3) is 0.818. The van der Waals surface area contributed by atoms with Crippen LogP contribution in [0.2, 0.25) is 0 Å². The van der Waals surface area contributed by atoms with Gasteiger partial charge in [0, 0.05) is 46.1 Å². The highest BCUT2D eigenvalue weighted by molar-refractivity contribution is 6.39. The van der Waals surface area contributed by atoms with Crippen molar-refractivity contribution in [2.45, 2.75) is 173 Å². The molecule has 0 radical (unpaired) electrons. The molecule has 13 unspecified atom stereocenters. The Morgan fingerprint density at radius 2 is 1.62 bits per heavy atom. The predicted molar refractivity (Wildman–Crippen MR) is 211 cm³/mol. The quantitative estimate of drug-likeness (QED) is 0.180. The van der Waals surface area contributed by atoms with Gasteiger partial charge in [0.25, 0.3) is 11.7 Å². The molecule has 0 aromatic carbocycles. The fourth-order valence-corrected chi connectivity index (χ4v) is 9.61. The van der Waals surface area contributed by atoms with E-state index in [1.54, 1.807) is 28.3 Å². The van der Waals surface area contributed by atoms with Crippen molar-refractivity contribution in [1.29, 1.82) is 0 Å². The summed E-state index contributed by atoms with van der Waals surface area (Å²) in [6, 6.07) is -1.04. The molecule has 1 aliphatic carbocycles. The van der Waals surface area contributed by atoms with Crippen LogP contribution >= 0.6 is 0 Å². The van der Waals surface area contributed by atoms with E-state index in [0.29, 0.717) is 57.8 Å². The number of methoxy groups -OCH3 is 3. The highest BCUT2D eigenvalue weighted by Gasteiger charge is 2.56. The maximum atomic E-state index is 14.3. The molecule has 3 fully saturated rings. The number of cyclic esters (lactones) is 1. The molecule has 3 heterocycles. The van der Waals surface area contributed by atoms with E-state index in [2.05, 4.69) is 26.0 Å². The van der Waals surface area contributed by atoms with Crippen LogP contribution < -0.4 is 0 Å². The molecule has 318 valence electrons. The summed E-state index contributed by atoms with van der Waals surface area (Å²) in [5, 5.41) is 22.5. The van der Waals surface area contributed by atoms with Gasteiger partial charge in [0.15, 0.2) is 0 Å². The van der Waals surface area contributed by atoms with Crippen molar-refractivity contribution in [3.63, 3.8) is 0 Å². The zero-order valence-electron chi connectivity index (χ0n) is 35.5. The molecule has 12 heteroatoms. The van der Waals surface area contributed by atoms with Gasteiger partial charge in [-0.1, -0.05) is 51.8 Å². The first-order valence-corrected chi connectivity index (χ1v) is 21.2. The number of fused-ring (bicyclic) bond motifs is 3. The van der Waals surface area contributed by atoms with Crippen molar-refractivity contribution < 1.29 is 53.1 Å². The number of amides is 1. The average molecular weight is 790 g/mol. The van der Waals surface area contributed by atoms with Gasteiger partial charge in [-0.05, 0) is 108 Å². The Balaban J connectivity index is 1.74. The van der Waals surface area contributed by atoms with Gasteiger partial charge in [-0.3, -0.25) is 14.4 Å². The first kappa shape index (κ1) is 46.2. The number of ketones is 2. The fourth-order valence-electron chi connectivity index (χ4n) is 9.61. The maximum absolute atomic E-state index is 14.3. The van der Waals surface area contributed by atoms with Crippen LogP contribution in [0.15, 0.2) is 23.3 Å². The predicted octanol–water partition coefficient (Wildman–Crippen LogP) is 5.89. The molecule has 2 N–H and O–H groups in total. The lowest BCUT2D eigenvalue weighted by Gasteiger charge is -2.47. The lowest BCUT2D eigenvalue weighted by Crippen LogP contribution is -2.64. The summed E-state index contributed by atoms with van der Waals surface area (Å²) >= 11 is 0. The molecular weight excluding hydrogens is 718 g/mol. The second-order valence-electron chi connectivity index (χ2n) is 17.4. The number of carbonyl (C=O) groups is 4. The minimum absolute atomic E-state index is 0.0907. The first-order valence-electron chi connectivity index (χ1n) is 21.2. The van der Waals surface area contributed by atoms with E-state index >= 15 is 0 Å². The number of allylic oxidation sites excluding steroid dienone is 3. The minimum Gasteiger partial charge on any atom is -0.456 e. The van der Waals surface area contributed by atoms with E-state index in [1.165, 1.54) is 4.90 Å².